The molecule has 0 bridgehead atoms. The molecule has 2 amide bonds. The second kappa shape index (κ2) is 7.45. The van der Waals surface area contributed by atoms with Gasteiger partial charge in [-0.05, 0) is 36.8 Å². The van der Waals surface area contributed by atoms with E-state index in [-0.39, 0.29) is 17.9 Å². The molecule has 0 radical (unpaired) electrons. The summed E-state index contributed by atoms with van der Waals surface area (Å²) in [5.74, 6) is 0.306. The average molecular weight is 307 g/mol. The summed E-state index contributed by atoms with van der Waals surface area (Å²) in [5, 5.41) is 0. The van der Waals surface area contributed by atoms with E-state index in [1.165, 1.54) is 0 Å². The average Bonchev–Trinajstić information content (AvgIpc) is 2.91. The van der Waals surface area contributed by atoms with Crippen molar-refractivity contribution in [3.8, 4) is 0 Å². The van der Waals surface area contributed by atoms with Crippen molar-refractivity contribution in [1.82, 2.24) is 15.4 Å². The summed E-state index contributed by atoms with van der Waals surface area (Å²) in [7, 11) is 1.78. The van der Waals surface area contributed by atoms with Crippen molar-refractivity contribution in [3.63, 3.8) is 0 Å². The number of hydrogen-bond donors (Lipinski definition) is 2. The molecule has 2 N–H and O–H groups in total. The van der Waals surface area contributed by atoms with Gasteiger partial charge in [0.15, 0.2) is 0 Å². The summed E-state index contributed by atoms with van der Waals surface area (Å²) in [6.45, 7) is 4.97. The van der Waals surface area contributed by atoms with Crippen LogP contribution in [0.4, 0.5) is 0 Å². The first-order valence-corrected chi connectivity index (χ1v) is 7.79. The Morgan fingerprint density at radius 3 is 2.82 bits per heavy atom. The topological polar surface area (TPSA) is 72.4 Å². The fraction of sp³-hybridized carbons (Fsp3) is 0.625. The van der Waals surface area contributed by atoms with E-state index < -0.39 is 0 Å². The Labute approximate surface area is 131 Å². The van der Waals surface area contributed by atoms with Gasteiger partial charge in [0.2, 0.25) is 5.91 Å². The molecule has 2 heterocycles. The van der Waals surface area contributed by atoms with Crippen LogP contribution in [0.25, 0.3) is 0 Å². The summed E-state index contributed by atoms with van der Waals surface area (Å²) >= 11 is 0. The standard InChI is InChI=1S/C16H25N3O3/c1-11(2)14-9-12(6-8-22-14)10-15(20)17-18-16(21)13-5-4-7-19(13)3/h4-5,7,11-12,14H,6,8-10H2,1-3H3,(H,17,20)(H,18,21)/t12-,14-/m0/s1. The number of carbonyl (C=O) groups is 2. The summed E-state index contributed by atoms with van der Waals surface area (Å²) in [5.41, 5.74) is 5.46. The first-order valence-electron chi connectivity index (χ1n) is 7.79. The third-order valence-corrected chi connectivity index (χ3v) is 4.13. The van der Waals surface area contributed by atoms with Crippen molar-refractivity contribution in [2.75, 3.05) is 6.61 Å². The molecule has 1 aromatic heterocycles. The molecule has 1 aromatic rings. The molecule has 122 valence electrons. The minimum Gasteiger partial charge on any atom is -0.378 e. The Bertz CT molecular complexity index is 524. The number of nitrogens with zero attached hydrogens (tertiary/aromatic N) is 1. The normalized spacial score (nSPS) is 21.6. The largest absolute Gasteiger partial charge is 0.378 e. The van der Waals surface area contributed by atoms with Crippen molar-refractivity contribution in [2.45, 2.75) is 39.2 Å². The molecule has 0 saturated carbocycles. The predicted octanol–water partition coefficient (Wildman–Crippen LogP) is 1.63. The molecular formula is C16H25N3O3. The first kappa shape index (κ1) is 16.5. The molecule has 0 aromatic carbocycles. The van der Waals surface area contributed by atoms with E-state index >= 15 is 0 Å². The molecule has 0 aliphatic carbocycles. The molecule has 1 aliphatic heterocycles. The number of aromatic nitrogens is 1. The molecule has 6 nitrogen and oxygen atoms in total. The Morgan fingerprint density at radius 1 is 1.41 bits per heavy atom. The maximum absolute atomic E-state index is 12.0. The monoisotopic (exact) mass is 307 g/mol. The van der Waals surface area contributed by atoms with Gasteiger partial charge in [-0.15, -0.1) is 0 Å². The van der Waals surface area contributed by atoms with Crippen LogP contribution in [0, 0.1) is 11.8 Å². The zero-order chi connectivity index (χ0) is 16.1. The van der Waals surface area contributed by atoms with Gasteiger partial charge in [-0.2, -0.15) is 0 Å². The van der Waals surface area contributed by atoms with Gasteiger partial charge in [-0.1, -0.05) is 13.8 Å². The van der Waals surface area contributed by atoms with E-state index in [1.54, 1.807) is 29.9 Å². The van der Waals surface area contributed by atoms with E-state index in [0.29, 0.717) is 30.6 Å². The SMILES string of the molecule is CC(C)[C@@H]1C[C@@H](CC(=O)NNC(=O)c2cccn2C)CCO1. The van der Waals surface area contributed by atoms with Crippen molar-refractivity contribution in [3.05, 3.63) is 24.0 Å². The van der Waals surface area contributed by atoms with Crippen LogP contribution in [-0.4, -0.2) is 29.1 Å². The van der Waals surface area contributed by atoms with Gasteiger partial charge < -0.3 is 9.30 Å². The molecule has 1 aliphatic rings. The smallest absolute Gasteiger partial charge is 0.286 e. The Balaban J connectivity index is 1.76. The van der Waals surface area contributed by atoms with Crippen LogP contribution in [0.2, 0.25) is 0 Å². The molecule has 22 heavy (non-hydrogen) atoms. The highest BCUT2D eigenvalue weighted by Crippen LogP contribution is 2.26. The van der Waals surface area contributed by atoms with Gasteiger partial charge in [0.25, 0.3) is 5.91 Å². The maximum Gasteiger partial charge on any atom is 0.286 e. The quantitative estimate of drug-likeness (QED) is 0.830. The lowest BCUT2D eigenvalue weighted by molar-refractivity contribution is -0.124. The molecule has 0 unspecified atom stereocenters. The minimum atomic E-state index is -0.312. The molecular weight excluding hydrogens is 282 g/mol. The minimum absolute atomic E-state index is 0.156. The third kappa shape index (κ3) is 4.34. The van der Waals surface area contributed by atoms with Crippen LogP contribution in [-0.2, 0) is 16.6 Å². The molecule has 2 rings (SSSR count). The van der Waals surface area contributed by atoms with Crippen LogP contribution in [0.3, 0.4) is 0 Å². The van der Waals surface area contributed by atoms with Gasteiger partial charge in [-0.25, -0.2) is 0 Å². The van der Waals surface area contributed by atoms with E-state index in [9.17, 15) is 9.59 Å². The Hall–Kier alpha value is -1.82. The fourth-order valence-electron chi connectivity index (χ4n) is 2.75. The van der Waals surface area contributed by atoms with Crippen LogP contribution in [0.1, 0.15) is 43.6 Å². The lowest BCUT2D eigenvalue weighted by atomic mass is 9.88. The molecule has 6 heteroatoms. The molecule has 2 atom stereocenters. The van der Waals surface area contributed by atoms with Crippen LogP contribution < -0.4 is 10.9 Å². The zero-order valence-corrected chi connectivity index (χ0v) is 13.5. The Kier molecular flexibility index (Phi) is 5.60. The summed E-state index contributed by atoms with van der Waals surface area (Å²) < 4.78 is 7.41. The summed E-state index contributed by atoms with van der Waals surface area (Å²) in [6.07, 6.45) is 4.22. The van der Waals surface area contributed by atoms with Crippen molar-refractivity contribution in [1.29, 1.82) is 0 Å². The Morgan fingerprint density at radius 2 is 2.18 bits per heavy atom. The number of amides is 2. The highest BCUT2D eigenvalue weighted by atomic mass is 16.5. The van der Waals surface area contributed by atoms with E-state index in [0.717, 1.165) is 12.8 Å². The van der Waals surface area contributed by atoms with Crippen LogP contribution in [0.5, 0.6) is 0 Å². The van der Waals surface area contributed by atoms with E-state index in [4.69, 9.17) is 4.74 Å². The van der Waals surface area contributed by atoms with Gasteiger partial charge in [-0.3, -0.25) is 20.4 Å². The van der Waals surface area contributed by atoms with Crippen molar-refractivity contribution in [2.24, 2.45) is 18.9 Å². The van der Waals surface area contributed by atoms with Gasteiger partial charge in [0.05, 0.1) is 6.10 Å². The van der Waals surface area contributed by atoms with Crippen molar-refractivity contribution >= 4 is 11.8 Å². The number of hydrogen-bond acceptors (Lipinski definition) is 3. The number of carbonyl (C=O) groups excluding carboxylic acids is 2. The number of aryl methyl sites for hydroxylation is 1. The number of rotatable bonds is 4. The van der Waals surface area contributed by atoms with Crippen molar-refractivity contribution < 1.29 is 14.3 Å². The first-order chi connectivity index (χ1) is 10.5. The third-order valence-electron chi connectivity index (χ3n) is 4.13. The van der Waals surface area contributed by atoms with Crippen LogP contribution >= 0.6 is 0 Å². The number of hydrazine groups is 1. The second-order valence-corrected chi connectivity index (χ2v) is 6.25. The lowest BCUT2D eigenvalue weighted by Gasteiger charge is -2.31. The van der Waals surface area contributed by atoms with Gasteiger partial charge >= 0.3 is 0 Å². The predicted molar refractivity (Wildman–Crippen MR) is 82.9 cm³/mol. The molecule has 0 spiro atoms. The number of nitrogens with one attached hydrogen (secondary N) is 2. The fourth-order valence-corrected chi connectivity index (χ4v) is 2.75. The molecule has 1 saturated heterocycles. The lowest BCUT2D eigenvalue weighted by Crippen LogP contribution is -2.43. The zero-order valence-electron chi connectivity index (χ0n) is 13.5. The van der Waals surface area contributed by atoms with Gasteiger partial charge in [0.1, 0.15) is 5.69 Å². The number of ether oxygens (including phenoxy) is 1. The van der Waals surface area contributed by atoms with E-state index in [2.05, 4.69) is 24.7 Å². The van der Waals surface area contributed by atoms with E-state index in [1.807, 2.05) is 0 Å². The van der Waals surface area contributed by atoms with Gasteiger partial charge in [0, 0.05) is 26.3 Å². The highest BCUT2D eigenvalue weighted by molar-refractivity contribution is 5.94. The highest BCUT2D eigenvalue weighted by Gasteiger charge is 2.26. The maximum atomic E-state index is 12.0. The molecule has 1 fully saturated rings. The second-order valence-electron chi connectivity index (χ2n) is 6.25. The summed E-state index contributed by atoms with van der Waals surface area (Å²) in [4.78, 5) is 23.9. The summed E-state index contributed by atoms with van der Waals surface area (Å²) in [6, 6.07) is 3.48. The van der Waals surface area contributed by atoms with Crippen LogP contribution in [0.15, 0.2) is 18.3 Å².